The smallest absolute Gasteiger partial charge is 0.321 e. The van der Waals surface area contributed by atoms with Crippen molar-refractivity contribution in [2.75, 3.05) is 18.4 Å². The van der Waals surface area contributed by atoms with Crippen LogP contribution in [0.2, 0.25) is 0 Å². The highest BCUT2D eigenvalue weighted by Crippen LogP contribution is 2.21. The van der Waals surface area contributed by atoms with Crippen LogP contribution in [-0.2, 0) is 24.4 Å². The van der Waals surface area contributed by atoms with Crippen LogP contribution >= 0.6 is 0 Å². The van der Waals surface area contributed by atoms with Crippen molar-refractivity contribution in [1.29, 1.82) is 0 Å². The Balaban J connectivity index is 1.79. The topological polar surface area (TPSA) is 98.8 Å². The molecule has 3 rings (SSSR count). The van der Waals surface area contributed by atoms with E-state index in [1.165, 1.54) is 4.68 Å². The Labute approximate surface area is 158 Å². The van der Waals surface area contributed by atoms with Crippen LogP contribution in [0.15, 0.2) is 4.79 Å². The van der Waals surface area contributed by atoms with Crippen molar-refractivity contribution in [2.24, 2.45) is 0 Å². The van der Waals surface area contributed by atoms with Gasteiger partial charge in [0.2, 0.25) is 5.91 Å². The average Bonchev–Trinajstić information content (AvgIpc) is 3.13. The van der Waals surface area contributed by atoms with Gasteiger partial charge in [0.1, 0.15) is 12.4 Å². The predicted molar refractivity (Wildman–Crippen MR) is 103 cm³/mol. The van der Waals surface area contributed by atoms with E-state index in [1.807, 2.05) is 32.4 Å². The van der Waals surface area contributed by atoms with Crippen LogP contribution in [0, 0.1) is 13.8 Å². The van der Waals surface area contributed by atoms with E-state index in [4.69, 9.17) is 0 Å². The molecule has 2 aromatic rings. The van der Waals surface area contributed by atoms with Crippen LogP contribution in [-0.4, -0.2) is 43.1 Å². The summed E-state index contributed by atoms with van der Waals surface area (Å²) in [6.45, 7) is 10.7. The number of carbonyl (C=O) groups excluding carboxylic acids is 1. The van der Waals surface area contributed by atoms with Gasteiger partial charge >= 0.3 is 5.69 Å². The first-order valence-electron chi connectivity index (χ1n) is 9.68. The fraction of sp³-hybridized carbons (Fsp3) is 0.667. The van der Waals surface area contributed by atoms with Gasteiger partial charge in [-0.25, -0.2) is 9.48 Å². The SMILES string of the molecule is CCn1nc(C)c(NC(=O)Cn2nc([C@H]3CCCNC3)n(CC)c2=O)c1C. The molecule has 1 amide bonds. The van der Waals surface area contributed by atoms with Crippen LogP contribution in [0.25, 0.3) is 0 Å². The number of nitrogens with zero attached hydrogens (tertiary/aromatic N) is 5. The van der Waals surface area contributed by atoms with Gasteiger partial charge in [-0.15, -0.1) is 0 Å². The Morgan fingerprint density at radius 1 is 1.22 bits per heavy atom. The van der Waals surface area contributed by atoms with Gasteiger partial charge in [-0.1, -0.05) is 0 Å². The summed E-state index contributed by atoms with van der Waals surface area (Å²) in [6.07, 6.45) is 2.07. The van der Waals surface area contributed by atoms with E-state index in [0.717, 1.165) is 49.7 Å². The number of piperidine rings is 1. The number of hydrogen-bond acceptors (Lipinski definition) is 5. The first-order valence-corrected chi connectivity index (χ1v) is 9.68. The van der Waals surface area contributed by atoms with Gasteiger partial charge in [-0.2, -0.15) is 10.2 Å². The zero-order valence-corrected chi connectivity index (χ0v) is 16.6. The Kier molecular flexibility index (Phi) is 5.79. The number of aryl methyl sites for hydroxylation is 2. The maximum atomic E-state index is 12.7. The Bertz CT molecular complexity index is 871. The van der Waals surface area contributed by atoms with E-state index >= 15 is 0 Å². The number of aromatic nitrogens is 5. The summed E-state index contributed by atoms with van der Waals surface area (Å²) in [5.41, 5.74) is 2.15. The molecule has 0 bridgehead atoms. The van der Waals surface area contributed by atoms with E-state index in [0.29, 0.717) is 12.2 Å². The van der Waals surface area contributed by atoms with E-state index in [-0.39, 0.29) is 24.1 Å². The van der Waals surface area contributed by atoms with E-state index in [1.54, 1.807) is 4.57 Å². The number of carbonyl (C=O) groups is 1. The number of amides is 1. The van der Waals surface area contributed by atoms with Gasteiger partial charge in [0.25, 0.3) is 0 Å². The monoisotopic (exact) mass is 375 g/mol. The molecule has 9 heteroatoms. The molecule has 3 heterocycles. The summed E-state index contributed by atoms with van der Waals surface area (Å²) in [7, 11) is 0. The highest BCUT2D eigenvalue weighted by atomic mass is 16.2. The first kappa shape index (κ1) is 19.3. The molecule has 27 heavy (non-hydrogen) atoms. The Morgan fingerprint density at radius 2 is 2.00 bits per heavy atom. The second-order valence-corrected chi connectivity index (χ2v) is 7.00. The molecule has 1 saturated heterocycles. The molecule has 0 spiro atoms. The van der Waals surface area contributed by atoms with Crippen LogP contribution in [0.3, 0.4) is 0 Å². The highest BCUT2D eigenvalue weighted by Gasteiger charge is 2.24. The number of hydrogen-bond donors (Lipinski definition) is 2. The van der Waals surface area contributed by atoms with Crippen LogP contribution < -0.4 is 16.3 Å². The standard InChI is InChI=1S/C18H29N7O2/c1-5-23-17(14-8-7-9-19-10-14)22-25(18(23)27)11-15(26)20-16-12(3)21-24(6-2)13(16)4/h14,19H,5-11H2,1-4H3,(H,20,26)/t14-/m0/s1. The number of anilines is 1. The minimum absolute atomic E-state index is 0.102. The van der Waals surface area contributed by atoms with Gasteiger partial charge in [-0.3, -0.25) is 14.0 Å². The van der Waals surface area contributed by atoms with E-state index < -0.39 is 0 Å². The lowest BCUT2D eigenvalue weighted by Gasteiger charge is -2.21. The molecule has 1 atom stereocenters. The van der Waals surface area contributed by atoms with Crippen LogP contribution in [0.5, 0.6) is 0 Å². The molecular weight excluding hydrogens is 346 g/mol. The van der Waals surface area contributed by atoms with Gasteiger partial charge in [0.05, 0.1) is 17.1 Å². The lowest BCUT2D eigenvalue weighted by atomic mass is 9.99. The third-order valence-electron chi connectivity index (χ3n) is 5.17. The molecule has 2 aromatic heterocycles. The van der Waals surface area contributed by atoms with Crippen molar-refractivity contribution in [3.8, 4) is 0 Å². The Morgan fingerprint density at radius 3 is 2.59 bits per heavy atom. The fourth-order valence-electron chi connectivity index (χ4n) is 3.73. The normalized spacial score (nSPS) is 17.3. The fourth-order valence-corrected chi connectivity index (χ4v) is 3.73. The summed E-state index contributed by atoms with van der Waals surface area (Å²) >= 11 is 0. The van der Waals surface area contributed by atoms with E-state index in [9.17, 15) is 9.59 Å². The molecule has 9 nitrogen and oxygen atoms in total. The largest absolute Gasteiger partial charge is 0.346 e. The molecule has 1 aliphatic heterocycles. The van der Waals surface area contributed by atoms with Gasteiger partial charge < -0.3 is 10.6 Å². The lowest BCUT2D eigenvalue weighted by Crippen LogP contribution is -2.32. The summed E-state index contributed by atoms with van der Waals surface area (Å²) in [6, 6.07) is 0. The van der Waals surface area contributed by atoms with E-state index in [2.05, 4.69) is 20.8 Å². The predicted octanol–water partition coefficient (Wildman–Crippen LogP) is 1.00. The lowest BCUT2D eigenvalue weighted by molar-refractivity contribution is -0.117. The highest BCUT2D eigenvalue weighted by molar-refractivity contribution is 5.91. The molecule has 1 fully saturated rings. The molecule has 0 radical (unpaired) electrons. The van der Waals surface area contributed by atoms with Gasteiger partial charge in [0.15, 0.2) is 0 Å². The molecule has 0 unspecified atom stereocenters. The second-order valence-electron chi connectivity index (χ2n) is 7.00. The molecule has 0 saturated carbocycles. The maximum Gasteiger partial charge on any atom is 0.346 e. The number of nitrogens with one attached hydrogen (secondary N) is 2. The molecule has 2 N–H and O–H groups in total. The van der Waals surface area contributed by atoms with Gasteiger partial charge in [0, 0.05) is 25.6 Å². The van der Waals surface area contributed by atoms with Crippen LogP contribution in [0.1, 0.15) is 49.8 Å². The summed E-state index contributed by atoms with van der Waals surface area (Å²) in [4.78, 5) is 25.2. The minimum Gasteiger partial charge on any atom is -0.321 e. The van der Waals surface area contributed by atoms with Crippen molar-refractivity contribution >= 4 is 11.6 Å². The first-order chi connectivity index (χ1) is 13.0. The summed E-state index contributed by atoms with van der Waals surface area (Å²) in [5.74, 6) is 0.713. The third kappa shape index (κ3) is 3.83. The average molecular weight is 375 g/mol. The van der Waals surface area contributed by atoms with Crippen molar-refractivity contribution < 1.29 is 4.79 Å². The molecule has 0 aliphatic carbocycles. The quantitative estimate of drug-likeness (QED) is 0.785. The van der Waals surface area contributed by atoms with Crippen molar-refractivity contribution in [2.45, 2.75) is 66.1 Å². The Hall–Kier alpha value is -2.42. The van der Waals surface area contributed by atoms with Gasteiger partial charge in [-0.05, 0) is 47.1 Å². The molecule has 1 aliphatic rings. The molecule has 0 aromatic carbocycles. The minimum atomic E-state index is -0.270. The van der Waals surface area contributed by atoms with Crippen LogP contribution in [0.4, 0.5) is 5.69 Å². The maximum absolute atomic E-state index is 12.7. The summed E-state index contributed by atoms with van der Waals surface area (Å²) in [5, 5.41) is 15.1. The second kappa shape index (κ2) is 8.08. The van der Waals surface area contributed by atoms with Crippen molar-refractivity contribution in [3.63, 3.8) is 0 Å². The zero-order chi connectivity index (χ0) is 19.6. The third-order valence-corrected chi connectivity index (χ3v) is 5.17. The molecule has 148 valence electrons. The van der Waals surface area contributed by atoms with Crippen molar-refractivity contribution in [1.82, 2.24) is 29.4 Å². The number of rotatable bonds is 6. The summed E-state index contributed by atoms with van der Waals surface area (Å²) < 4.78 is 4.80. The molecular formula is C18H29N7O2. The zero-order valence-electron chi connectivity index (χ0n) is 16.6. The van der Waals surface area contributed by atoms with Crippen molar-refractivity contribution in [3.05, 3.63) is 27.7 Å².